The van der Waals surface area contributed by atoms with Gasteiger partial charge in [-0.25, -0.2) is 4.79 Å². The van der Waals surface area contributed by atoms with Gasteiger partial charge in [0.15, 0.2) is 0 Å². The van der Waals surface area contributed by atoms with Gasteiger partial charge in [0.25, 0.3) is 5.91 Å². The van der Waals surface area contributed by atoms with Crippen LogP contribution in [0.4, 0.5) is 16.2 Å². The molecule has 1 saturated carbocycles. The zero-order chi connectivity index (χ0) is 24.5. The van der Waals surface area contributed by atoms with Crippen LogP contribution in [0.3, 0.4) is 0 Å². The highest BCUT2D eigenvalue weighted by Crippen LogP contribution is 2.43. The molecule has 0 unspecified atom stereocenters. The van der Waals surface area contributed by atoms with Gasteiger partial charge in [-0.05, 0) is 47.9 Å². The first-order valence-corrected chi connectivity index (χ1v) is 12.2. The Morgan fingerprint density at radius 1 is 1.00 bits per heavy atom. The lowest BCUT2D eigenvalue weighted by Gasteiger charge is -2.37. The Balaban J connectivity index is 1.63. The summed E-state index contributed by atoms with van der Waals surface area (Å²) in [6, 6.07) is 9.14. The topological polar surface area (TPSA) is 82.6 Å². The van der Waals surface area contributed by atoms with Crippen molar-refractivity contribution in [2.75, 3.05) is 16.8 Å². The molecule has 1 aliphatic carbocycles. The maximum Gasteiger partial charge on any atom is 0.332 e. The number of carbonyl (C=O) groups excluding carboxylic acids is 3. The van der Waals surface area contributed by atoms with Crippen LogP contribution >= 0.6 is 0 Å². The predicted octanol–water partition coefficient (Wildman–Crippen LogP) is 5.44. The van der Waals surface area contributed by atoms with E-state index in [4.69, 9.17) is 0 Å². The first kappa shape index (κ1) is 23.9. The van der Waals surface area contributed by atoms with Crippen LogP contribution in [0.15, 0.2) is 42.7 Å². The van der Waals surface area contributed by atoms with Gasteiger partial charge in [-0.15, -0.1) is 0 Å². The highest BCUT2D eigenvalue weighted by molar-refractivity contribution is 6.18. The maximum atomic E-state index is 13.7. The Bertz CT molecular complexity index is 1050. The molecule has 2 aliphatic rings. The minimum atomic E-state index is -0.933. The van der Waals surface area contributed by atoms with Gasteiger partial charge in [0.1, 0.15) is 12.1 Å². The summed E-state index contributed by atoms with van der Waals surface area (Å²) in [6.45, 7) is 8.03. The van der Waals surface area contributed by atoms with E-state index in [0.29, 0.717) is 18.5 Å². The van der Waals surface area contributed by atoms with Crippen LogP contribution in [0.5, 0.6) is 0 Å². The summed E-state index contributed by atoms with van der Waals surface area (Å²) in [5, 5.41) is 3.04. The molecule has 2 heterocycles. The normalized spacial score (nSPS) is 17.8. The third kappa shape index (κ3) is 4.19. The SMILES string of the molecule is CC(C)c1cccc(C(C)C)c1NC(=O)CN1C(=O)N(c2cccnc2)C2(CCCCC2)C1=O. The van der Waals surface area contributed by atoms with Crippen molar-refractivity contribution in [1.29, 1.82) is 0 Å². The highest BCUT2D eigenvalue weighted by Gasteiger charge is 2.58. The van der Waals surface area contributed by atoms with Crippen molar-refractivity contribution in [2.45, 2.75) is 77.2 Å². The number of para-hydroxylation sites is 1. The molecule has 34 heavy (non-hydrogen) atoms. The number of rotatable bonds is 6. The average molecular weight is 463 g/mol. The monoisotopic (exact) mass is 462 g/mol. The van der Waals surface area contributed by atoms with Gasteiger partial charge in [0.05, 0.1) is 11.9 Å². The Hall–Kier alpha value is -3.22. The molecule has 0 bridgehead atoms. The van der Waals surface area contributed by atoms with Crippen LogP contribution in [0.25, 0.3) is 0 Å². The summed E-state index contributed by atoms with van der Waals surface area (Å²) >= 11 is 0. The van der Waals surface area contributed by atoms with Crippen LogP contribution in [0, 0.1) is 0 Å². The summed E-state index contributed by atoms with van der Waals surface area (Å²) in [5.74, 6) is -0.209. The minimum absolute atomic E-state index is 0.218. The number of nitrogens with one attached hydrogen (secondary N) is 1. The third-order valence-corrected chi connectivity index (χ3v) is 7.02. The molecule has 0 radical (unpaired) electrons. The van der Waals surface area contributed by atoms with Crippen LogP contribution in [0.2, 0.25) is 0 Å². The molecule has 1 aromatic heterocycles. The maximum absolute atomic E-state index is 13.7. The van der Waals surface area contributed by atoms with E-state index in [2.05, 4.69) is 38.0 Å². The second kappa shape index (κ2) is 9.57. The van der Waals surface area contributed by atoms with Gasteiger partial charge in [-0.3, -0.25) is 24.4 Å². The second-order valence-electron chi connectivity index (χ2n) is 9.98. The van der Waals surface area contributed by atoms with Crippen molar-refractivity contribution in [3.8, 4) is 0 Å². The fourth-order valence-corrected chi connectivity index (χ4v) is 5.31. The van der Waals surface area contributed by atoms with E-state index >= 15 is 0 Å². The Kier molecular flexibility index (Phi) is 6.73. The van der Waals surface area contributed by atoms with Crippen molar-refractivity contribution in [2.24, 2.45) is 0 Å². The average Bonchev–Trinajstić information content (AvgIpc) is 3.01. The van der Waals surface area contributed by atoms with Gasteiger partial charge in [-0.1, -0.05) is 65.2 Å². The Labute approximate surface area is 201 Å². The Morgan fingerprint density at radius 3 is 2.21 bits per heavy atom. The van der Waals surface area contributed by atoms with Crippen molar-refractivity contribution in [1.82, 2.24) is 9.88 Å². The van der Waals surface area contributed by atoms with Crippen LogP contribution in [0.1, 0.15) is 82.8 Å². The number of urea groups is 1. The van der Waals surface area contributed by atoms with Crippen molar-refractivity contribution in [3.05, 3.63) is 53.9 Å². The number of anilines is 2. The number of pyridine rings is 1. The van der Waals surface area contributed by atoms with Gasteiger partial charge >= 0.3 is 6.03 Å². The zero-order valence-corrected chi connectivity index (χ0v) is 20.5. The fraction of sp³-hybridized carbons (Fsp3) is 0.481. The van der Waals surface area contributed by atoms with E-state index in [1.807, 2.05) is 18.2 Å². The first-order chi connectivity index (χ1) is 16.3. The molecule has 1 N–H and O–H groups in total. The molecule has 7 nitrogen and oxygen atoms in total. The van der Waals surface area contributed by atoms with E-state index < -0.39 is 11.6 Å². The summed E-state index contributed by atoms with van der Waals surface area (Å²) < 4.78 is 0. The molecular formula is C27H34N4O3. The summed E-state index contributed by atoms with van der Waals surface area (Å²) in [5.41, 5.74) is 2.53. The lowest BCUT2D eigenvalue weighted by atomic mass is 9.80. The number of imide groups is 1. The summed E-state index contributed by atoms with van der Waals surface area (Å²) in [6.07, 6.45) is 7.22. The summed E-state index contributed by atoms with van der Waals surface area (Å²) in [4.78, 5) is 47.3. The molecule has 0 atom stereocenters. The minimum Gasteiger partial charge on any atom is -0.324 e. The lowest BCUT2D eigenvalue weighted by molar-refractivity contribution is -0.134. The molecule has 180 valence electrons. The Morgan fingerprint density at radius 2 is 1.65 bits per heavy atom. The smallest absolute Gasteiger partial charge is 0.324 e. The number of hydrogen-bond donors (Lipinski definition) is 1. The number of amides is 4. The van der Waals surface area contributed by atoms with E-state index in [0.717, 1.165) is 41.0 Å². The number of hydrogen-bond acceptors (Lipinski definition) is 4. The number of carbonyl (C=O) groups is 3. The molecular weight excluding hydrogens is 428 g/mol. The molecule has 7 heteroatoms. The van der Waals surface area contributed by atoms with Gasteiger partial charge in [0, 0.05) is 11.9 Å². The summed E-state index contributed by atoms with van der Waals surface area (Å²) in [7, 11) is 0. The lowest BCUT2D eigenvalue weighted by Crippen LogP contribution is -2.51. The first-order valence-electron chi connectivity index (χ1n) is 12.2. The van der Waals surface area contributed by atoms with E-state index in [1.165, 1.54) is 0 Å². The number of nitrogens with zero attached hydrogens (tertiary/aromatic N) is 3. The van der Waals surface area contributed by atoms with Crippen molar-refractivity contribution in [3.63, 3.8) is 0 Å². The van der Waals surface area contributed by atoms with Crippen LogP contribution in [-0.4, -0.2) is 39.8 Å². The zero-order valence-electron chi connectivity index (χ0n) is 20.5. The van der Waals surface area contributed by atoms with Gasteiger partial charge < -0.3 is 5.32 Å². The molecule has 4 amide bonds. The molecule has 1 saturated heterocycles. The molecule has 4 rings (SSSR count). The molecule has 1 spiro atoms. The van der Waals surface area contributed by atoms with E-state index in [9.17, 15) is 14.4 Å². The van der Waals surface area contributed by atoms with Crippen LogP contribution in [-0.2, 0) is 9.59 Å². The van der Waals surface area contributed by atoms with Crippen molar-refractivity contribution >= 4 is 29.2 Å². The van der Waals surface area contributed by atoms with Crippen LogP contribution < -0.4 is 10.2 Å². The van der Waals surface area contributed by atoms with E-state index in [1.54, 1.807) is 29.4 Å². The quantitative estimate of drug-likeness (QED) is 0.580. The fourth-order valence-electron chi connectivity index (χ4n) is 5.31. The van der Waals surface area contributed by atoms with Crippen molar-refractivity contribution < 1.29 is 14.4 Å². The van der Waals surface area contributed by atoms with Gasteiger partial charge in [-0.2, -0.15) is 0 Å². The number of benzene rings is 1. The largest absolute Gasteiger partial charge is 0.332 e. The molecule has 2 fully saturated rings. The molecule has 1 aliphatic heterocycles. The van der Waals surface area contributed by atoms with Gasteiger partial charge in [0.2, 0.25) is 5.91 Å². The second-order valence-corrected chi connectivity index (χ2v) is 9.98. The number of aromatic nitrogens is 1. The predicted molar refractivity (Wildman–Crippen MR) is 133 cm³/mol. The molecule has 2 aromatic rings. The molecule has 1 aromatic carbocycles. The third-order valence-electron chi connectivity index (χ3n) is 7.02. The standard InChI is InChI=1S/C27H34N4O3/c1-18(2)21-11-8-12-22(19(3)4)24(21)29-23(32)17-30-25(33)27(13-6-5-7-14-27)31(26(30)34)20-10-9-15-28-16-20/h8-12,15-16,18-19H,5-7,13-14,17H2,1-4H3,(H,29,32). The highest BCUT2D eigenvalue weighted by atomic mass is 16.2. The van der Waals surface area contributed by atoms with E-state index in [-0.39, 0.29) is 30.2 Å².